The molecule has 2 saturated heterocycles. The number of ether oxygens (including phenoxy) is 1. The van der Waals surface area contributed by atoms with Crippen LogP contribution in [-0.4, -0.2) is 75.2 Å². The van der Waals surface area contributed by atoms with Gasteiger partial charge in [0, 0.05) is 50.8 Å². The topological polar surface area (TPSA) is 87.4 Å². The van der Waals surface area contributed by atoms with Crippen molar-refractivity contribution in [3.63, 3.8) is 0 Å². The molecule has 8 heteroatoms. The number of hydrogen-bond donors (Lipinski definition) is 1. The van der Waals surface area contributed by atoms with Crippen LogP contribution in [0.15, 0.2) is 18.3 Å². The molecule has 0 aliphatic carbocycles. The van der Waals surface area contributed by atoms with Gasteiger partial charge in [-0.15, -0.1) is 0 Å². The largest absolute Gasteiger partial charge is 0.465 e. The van der Waals surface area contributed by atoms with E-state index in [4.69, 9.17) is 9.72 Å². The average molecular weight is 400 g/mol. The maximum absolute atomic E-state index is 11.7. The molecule has 0 spiro atoms. The number of carbonyl (C=O) groups is 2. The van der Waals surface area contributed by atoms with Crippen LogP contribution in [0.4, 0.5) is 4.79 Å². The molecule has 0 saturated carbocycles. The number of imidazole rings is 1. The number of carbonyl (C=O) groups excluding carboxylic acids is 1. The molecule has 4 heterocycles. The van der Waals surface area contributed by atoms with Gasteiger partial charge in [-0.05, 0) is 37.5 Å². The SMILES string of the molecule is CC(=O)N1CCC(c2nc3cc(C)ccn3c2C[C@H]2CN(C(=O)O)CCO2)CC1. The van der Waals surface area contributed by atoms with Crippen LogP contribution in [0.25, 0.3) is 5.65 Å². The molecule has 4 rings (SSSR count). The maximum atomic E-state index is 11.7. The first-order valence-corrected chi connectivity index (χ1v) is 10.2. The number of rotatable bonds is 3. The Morgan fingerprint density at radius 1 is 1.24 bits per heavy atom. The van der Waals surface area contributed by atoms with Gasteiger partial charge in [0.25, 0.3) is 0 Å². The Hall–Kier alpha value is -2.61. The molecule has 1 atom stereocenters. The molecule has 2 amide bonds. The highest BCUT2D eigenvalue weighted by Crippen LogP contribution is 2.32. The highest BCUT2D eigenvalue weighted by atomic mass is 16.5. The number of likely N-dealkylation sites (tertiary alicyclic amines) is 1. The average Bonchev–Trinajstić information content (AvgIpc) is 3.05. The summed E-state index contributed by atoms with van der Waals surface area (Å²) in [6, 6.07) is 4.13. The number of piperidine rings is 1. The summed E-state index contributed by atoms with van der Waals surface area (Å²) in [6.45, 7) is 6.37. The van der Waals surface area contributed by atoms with Gasteiger partial charge in [-0.3, -0.25) is 4.79 Å². The molecular weight excluding hydrogens is 372 g/mol. The van der Waals surface area contributed by atoms with E-state index in [2.05, 4.69) is 16.5 Å². The van der Waals surface area contributed by atoms with E-state index in [9.17, 15) is 14.7 Å². The second-order valence-electron chi connectivity index (χ2n) is 8.08. The number of nitrogens with zero attached hydrogens (tertiary/aromatic N) is 4. The molecular formula is C21H28N4O4. The Morgan fingerprint density at radius 2 is 2.00 bits per heavy atom. The molecule has 0 unspecified atom stereocenters. The van der Waals surface area contributed by atoms with Crippen molar-refractivity contribution in [2.45, 2.75) is 45.1 Å². The van der Waals surface area contributed by atoms with E-state index in [0.717, 1.165) is 48.5 Å². The minimum Gasteiger partial charge on any atom is -0.465 e. The monoisotopic (exact) mass is 400 g/mol. The third-order valence-corrected chi connectivity index (χ3v) is 6.07. The molecule has 1 N–H and O–H groups in total. The van der Waals surface area contributed by atoms with Crippen molar-refractivity contribution >= 4 is 17.6 Å². The Kier molecular flexibility index (Phi) is 5.45. The zero-order chi connectivity index (χ0) is 20.5. The second kappa shape index (κ2) is 8.02. The minimum atomic E-state index is -0.899. The van der Waals surface area contributed by atoms with E-state index in [1.807, 2.05) is 18.0 Å². The Bertz CT molecular complexity index is 917. The van der Waals surface area contributed by atoms with Crippen molar-refractivity contribution < 1.29 is 19.4 Å². The third kappa shape index (κ3) is 4.07. The van der Waals surface area contributed by atoms with E-state index >= 15 is 0 Å². The lowest BCUT2D eigenvalue weighted by Crippen LogP contribution is -2.46. The number of fused-ring (bicyclic) bond motifs is 1. The predicted octanol–water partition coefficient (Wildman–Crippen LogP) is 2.29. The molecule has 0 bridgehead atoms. The fraction of sp³-hybridized carbons (Fsp3) is 0.571. The highest BCUT2D eigenvalue weighted by Gasteiger charge is 2.30. The molecule has 2 aromatic heterocycles. The fourth-order valence-corrected chi connectivity index (χ4v) is 4.45. The van der Waals surface area contributed by atoms with Gasteiger partial charge in [0.15, 0.2) is 0 Å². The van der Waals surface area contributed by atoms with Crippen molar-refractivity contribution in [3.8, 4) is 0 Å². The summed E-state index contributed by atoms with van der Waals surface area (Å²) in [5.74, 6) is 0.415. The summed E-state index contributed by atoms with van der Waals surface area (Å²) >= 11 is 0. The number of carboxylic acid groups (broad SMARTS) is 1. The van der Waals surface area contributed by atoms with Gasteiger partial charge in [-0.25, -0.2) is 9.78 Å². The zero-order valence-electron chi connectivity index (χ0n) is 17.0. The van der Waals surface area contributed by atoms with Gasteiger partial charge >= 0.3 is 6.09 Å². The molecule has 2 aliphatic rings. The molecule has 29 heavy (non-hydrogen) atoms. The number of pyridine rings is 1. The third-order valence-electron chi connectivity index (χ3n) is 6.07. The molecule has 156 valence electrons. The first-order valence-electron chi connectivity index (χ1n) is 10.2. The first kappa shape index (κ1) is 19.7. The number of amides is 2. The van der Waals surface area contributed by atoms with Crippen molar-refractivity contribution in [3.05, 3.63) is 35.3 Å². The molecule has 2 aromatic rings. The van der Waals surface area contributed by atoms with Gasteiger partial charge in [-0.1, -0.05) is 0 Å². The zero-order valence-corrected chi connectivity index (χ0v) is 17.0. The van der Waals surface area contributed by atoms with E-state index < -0.39 is 6.09 Å². The Labute approximate surface area is 170 Å². The van der Waals surface area contributed by atoms with Gasteiger partial charge in [0.2, 0.25) is 5.91 Å². The normalized spacial score (nSPS) is 21.0. The van der Waals surface area contributed by atoms with E-state index in [1.165, 1.54) is 4.90 Å². The van der Waals surface area contributed by atoms with Gasteiger partial charge < -0.3 is 24.0 Å². The summed E-state index contributed by atoms with van der Waals surface area (Å²) in [7, 11) is 0. The van der Waals surface area contributed by atoms with Crippen molar-refractivity contribution in [1.82, 2.24) is 19.2 Å². The van der Waals surface area contributed by atoms with Crippen molar-refractivity contribution in [2.75, 3.05) is 32.8 Å². The summed E-state index contributed by atoms with van der Waals surface area (Å²) < 4.78 is 8.01. The van der Waals surface area contributed by atoms with Gasteiger partial charge in [0.05, 0.1) is 24.9 Å². The molecule has 0 aromatic carbocycles. The van der Waals surface area contributed by atoms with E-state index in [-0.39, 0.29) is 12.0 Å². The lowest BCUT2D eigenvalue weighted by Gasteiger charge is -2.32. The van der Waals surface area contributed by atoms with Crippen LogP contribution in [0, 0.1) is 6.92 Å². The van der Waals surface area contributed by atoms with Gasteiger partial charge in [0.1, 0.15) is 5.65 Å². The first-order chi connectivity index (χ1) is 13.9. The standard InChI is InChI=1S/C21H28N4O4/c1-14-3-8-25-18(12-17-13-24(21(27)28)9-10-29-17)20(22-19(25)11-14)16-4-6-23(7-5-16)15(2)26/h3,8,11,16-17H,4-7,9-10,12-13H2,1-2H3,(H,27,28)/t17-/m0/s1. The van der Waals surface area contributed by atoms with Crippen LogP contribution in [0.2, 0.25) is 0 Å². The summed E-state index contributed by atoms with van der Waals surface area (Å²) in [6.07, 6.45) is 3.36. The Morgan fingerprint density at radius 3 is 2.69 bits per heavy atom. The lowest BCUT2D eigenvalue weighted by atomic mass is 9.91. The number of morpholine rings is 1. The maximum Gasteiger partial charge on any atom is 0.407 e. The number of hydrogen-bond acceptors (Lipinski definition) is 4. The van der Waals surface area contributed by atoms with Crippen molar-refractivity contribution in [2.24, 2.45) is 0 Å². The van der Waals surface area contributed by atoms with E-state index in [1.54, 1.807) is 6.92 Å². The number of aromatic nitrogens is 2. The Balaban J connectivity index is 1.62. The van der Waals surface area contributed by atoms with Crippen LogP contribution >= 0.6 is 0 Å². The minimum absolute atomic E-state index is 0.124. The molecule has 0 radical (unpaired) electrons. The second-order valence-corrected chi connectivity index (χ2v) is 8.08. The van der Waals surface area contributed by atoms with E-state index in [0.29, 0.717) is 32.0 Å². The predicted molar refractivity (Wildman–Crippen MR) is 107 cm³/mol. The van der Waals surface area contributed by atoms with Crippen molar-refractivity contribution in [1.29, 1.82) is 0 Å². The van der Waals surface area contributed by atoms with Gasteiger partial charge in [-0.2, -0.15) is 0 Å². The smallest absolute Gasteiger partial charge is 0.407 e. The molecule has 2 aliphatic heterocycles. The fourth-order valence-electron chi connectivity index (χ4n) is 4.45. The van der Waals surface area contributed by atoms with Crippen LogP contribution in [0.1, 0.15) is 42.6 Å². The quantitative estimate of drug-likeness (QED) is 0.854. The summed E-state index contributed by atoms with van der Waals surface area (Å²) in [5.41, 5.74) is 4.22. The summed E-state index contributed by atoms with van der Waals surface area (Å²) in [5, 5.41) is 9.33. The van der Waals surface area contributed by atoms with Crippen LogP contribution < -0.4 is 0 Å². The molecule has 8 nitrogen and oxygen atoms in total. The lowest BCUT2D eigenvalue weighted by molar-refractivity contribution is -0.129. The highest BCUT2D eigenvalue weighted by molar-refractivity contribution is 5.73. The van der Waals surface area contributed by atoms with Crippen LogP contribution in [0.3, 0.4) is 0 Å². The molecule has 2 fully saturated rings. The van der Waals surface area contributed by atoms with Crippen LogP contribution in [0.5, 0.6) is 0 Å². The number of aryl methyl sites for hydroxylation is 1. The van der Waals surface area contributed by atoms with Crippen LogP contribution in [-0.2, 0) is 16.0 Å². The summed E-state index contributed by atoms with van der Waals surface area (Å²) in [4.78, 5) is 31.3.